The second kappa shape index (κ2) is 5.74. The summed E-state index contributed by atoms with van der Waals surface area (Å²) in [6, 6.07) is 9.28. The van der Waals surface area contributed by atoms with E-state index >= 15 is 0 Å². The van der Waals surface area contributed by atoms with Gasteiger partial charge in [-0.15, -0.1) is 0 Å². The molecular formula is C16H21ClN2O. The van der Waals surface area contributed by atoms with E-state index in [9.17, 15) is 4.79 Å². The van der Waals surface area contributed by atoms with Crippen LogP contribution in [0.15, 0.2) is 24.3 Å². The average Bonchev–Trinajstić information content (AvgIpc) is 2.39. The molecule has 1 aliphatic carbocycles. The van der Waals surface area contributed by atoms with Crippen LogP contribution >= 0.6 is 11.6 Å². The molecule has 4 heteroatoms. The van der Waals surface area contributed by atoms with E-state index in [1.165, 1.54) is 18.4 Å². The number of amides is 1. The summed E-state index contributed by atoms with van der Waals surface area (Å²) in [5, 5.41) is 4.50. The van der Waals surface area contributed by atoms with Gasteiger partial charge in [0.15, 0.2) is 0 Å². The Balaban J connectivity index is 1.46. The van der Waals surface area contributed by atoms with Crippen molar-refractivity contribution in [1.29, 1.82) is 0 Å². The Labute approximate surface area is 125 Å². The minimum absolute atomic E-state index is 0.274. The molecule has 108 valence electrons. The molecule has 2 aliphatic rings. The van der Waals surface area contributed by atoms with Crippen LogP contribution in [-0.2, 0) is 4.79 Å². The maximum atomic E-state index is 11.5. The lowest BCUT2D eigenvalue weighted by Crippen LogP contribution is -2.52. The first-order valence-corrected chi connectivity index (χ1v) is 7.75. The summed E-state index contributed by atoms with van der Waals surface area (Å²) in [4.78, 5) is 13.3. The fourth-order valence-electron chi connectivity index (χ4n) is 3.24. The average molecular weight is 293 g/mol. The highest BCUT2D eigenvalue weighted by atomic mass is 35.5. The summed E-state index contributed by atoms with van der Waals surface area (Å²) in [5.41, 5.74) is 1.39. The van der Waals surface area contributed by atoms with Gasteiger partial charge in [-0.3, -0.25) is 4.79 Å². The van der Waals surface area contributed by atoms with Crippen LogP contribution in [0.2, 0.25) is 5.02 Å². The van der Waals surface area contributed by atoms with Gasteiger partial charge in [0, 0.05) is 37.1 Å². The van der Waals surface area contributed by atoms with Crippen molar-refractivity contribution in [2.45, 2.75) is 43.7 Å². The van der Waals surface area contributed by atoms with Crippen molar-refractivity contribution < 1.29 is 4.79 Å². The summed E-state index contributed by atoms with van der Waals surface area (Å²) < 4.78 is 0. The van der Waals surface area contributed by atoms with Crippen LogP contribution in [0.4, 0.5) is 0 Å². The van der Waals surface area contributed by atoms with Crippen LogP contribution in [0.25, 0.3) is 0 Å². The molecule has 1 atom stereocenters. The molecule has 1 heterocycles. The summed E-state index contributed by atoms with van der Waals surface area (Å²) >= 11 is 5.92. The molecule has 1 saturated carbocycles. The minimum Gasteiger partial charge on any atom is -0.344 e. The van der Waals surface area contributed by atoms with Gasteiger partial charge < -0.3 is 10.2 Å². The first-order chi connectivity index (χ1) is 9.61. The van der Waals surface area contributed by atoms with E-state index in [0.717, 1.165) is 18.0 Å². The Morgan fingerprint density at radius 2 is 1.90 bits per heavy atom. The predicted molar refractivity (Wildman–Crippen MR) is 81.0 cm³/mol. The zero-order valence-electron chi connectivity index (χ0n) is 11.8. The normalized spacial score (nSPS) is 30.2. The van der Waals surface area contributed by atoms with Crippen molar-refractivity contribution in [3.05, 3.63) is 34.9 Å². The number of carbonyl (C=O) groups is 1. The Morgan fingerprint density at radius 1 is 1.20 bits per heavy atom. The first-order valence-electron chi connectivity index (χ1n) is 7.37. The van der Waals surface area contributed by atoms with Gasteiger partial charge >= 0.3 is 0 Å². The molecule has 3 rings (SSSR count). The molecule has 0 bridgehead atoms. The van der Waals surface area contributed by atoms with Gasteiger partial charge in [0.2, 0.25) is 5.91 Å². The number of carbonyl (C=O) groups excluding carboxylic acids is 1. The second-order valence-electron chi connectivity index (χ2n) is 6.09. The zero-order chi connectivity index (χ0) is 14.1. The van der Waals surface area contributed by atoms with Gasteiger partial charge in [-0.1, -0.05) is 23.7 Å². The number of likely N-dealkylation sites (tertiary alicyclic amines) is 1. The minimum atomic E-state index is 0.274. The van der Waals surface area contributed by atoms with Crippen molar-refractivity contribution in [2.24, 2.45) is 0 Å². The highest BCUT2D eigenvalue weighted by molar-refractivity contribution is 6.30. The fourth-order valence-corrected chi connectivity index (χ4v) is 3.37. The Bertz CT molecular complexity index is 482. The molecule has 1 unspecified atom stereocenters. The largest absolute Gasteiger partial charge is 0.344 e. The topological polar surface area (TPSA) is 32.3 Å². The molecular weight excluding hydrogens is 272 g/mol. The van der Waals surface area contributed by atoms with Crippen LogP contribution in [0.5, 0.6) is 0 Å². The summed E-state index contributed by atoms with van der Waals surface area (Å²) in [6.45, 7) is 0.848. The predicted octanol–water partition coefficient (Wildman–Crippen LogP) is 2.80. The number of hydrogen-bond donors (Lipinski definition) is 1. The van der Waals surface area contributed by atoms with Crippen LogP contribution in [0.1, 0.15) is 37.2 Å². The van der Waals surface area contributed by atoms with E-state index in [1.807, 2.05) is 24.1 Å². The van der Waals surface area contributed by atoms with E-state index in [4.69, 9.17) is 11.6 Å². The van der Waals surface area contributed by atoms with Crippen molar-refractivity contribution in [3.8, 4) is 0 Å². The van der Waals surface area contributed by atoms with Crippen LogP contribution in [-0.4, -0.2) is 36.5 Å². The van der Waals surface area contributed by atoms with Gasteiger partial charge in [-0.25, -0.2) is 0 Å². The van der Waals surface area contributed by atoms with E-state index in [-0.39, 0.29) is 5.91 Å². The van der Waals surface area contributed by atoms with E-state index < -0.39 is 0 Å². The maximum Gasteiger partial charge on any atom is 0.222 e. The quantitative estimate of drug-likeness (QED) is 0.929. The molecule has 1 aliphatic heterocycles. The highest BCUT2D eigenvalue weighted by Crippen LogP contribution is 2.37. The molecule has 1 aromatic carbocycles. The van der Waals surface area contributed by atoms with Crippen LogP contribution in [0.3, 0.4) is 0 Å². The molecule has 0 radical (unpaired) electrons. The van der Waals surface area contributed by atoms with Crippen molar-refractivity contribution in [3.63, 3.8) is 0 Å². The third-order valence-electron chi connectivity index (χ3n) is 4.58. The molecule has 3 nitrogen and oxygen atoms in total. The third-order valence-corrected chi connectivity index (χ3v) is 4.83. The lowest BCUT2D eigenvalue weighted by molar-refractivity contribution is -0.132. The second-order valence-corrected chi connectivity index (χ2v) is 6.53. The number of rotatable bonds is 3. The number of piperidine rings is 1. The number of likely N-dealkylation sites (N-methyl/N-ethyl adjacent to an activating group) is 1. The molecule has 1 aromatic rings. The van der Waals surface area contributed by atoms with E-state index in [1.54, 1.807) is 0 Å². The van der Waals surface area contributed by atoms with Crippen molar-refractivity contribution in [2.75, 3.05) is 13.6 Å². The smallest absolute Gasteiger partial charge is 0.222 e. The standard InChI is InChI=1S/C16H21ClN2O/c1-19-10-14(6-7-16(19)20)18-15-8-12(9-15)11-2-4-13(17)5-3-11/h2-5,12,14-15,18H,6-10H2,1H3. The summed E-state index contributed by atoms with van der Waals surface area (Å²) in [5.74, 6) is 0.934. The van der Waals surface area contributed by atoms with Crippen LogP contribution in [0, 0.1) is 0 Å². The number of halogens is 1. The molecule has 0 aromatic heterocycles. The summed E-state index contributed by atoms with van der Waals surface area (Å²) in [7, 11) is 1.90. The van der Waals surface area contributed by atoms with Gasteiger partial charge in [0.25, 0.3) is 0 Å². The number of benzene rings is 1. The number of hydrogen-bond acceptors (Lipinski definition) is 2. The fraction of sp³-hybridized carbons (Fsp3) is 0.562. The molecule has 1 saturated heterocycles. The van der Waals surface area contributed by atoms with E-state index in [2.05, 4.69) is 17.4 Å². The van der Waals surface area contributed by atoms with Gasteiger partial charge in [0.05, 0.1) is 0 Å². The van der Waals surface area contributed by atoms with Gasteiger partial charge in [0.1, 0.15) is 0 Å². The van der Waals surface area contributed by atoms with Gasteiger partial charge in [-0.2, -0.15) is 0 Å². The third kappa shape index (κ3) is 2.99. The van der Waals surface area contributed by atoms with Crippen molar-refractivity contribution in [1.82, 2.24) is 10.2 Å². The Hall–Kier alpha value is -1.06. The molecule has 1 amide bonds. The maximum absolute atomic E-state index is 11.5. The van der Waals surface area contributed by atoms with Gasteiger partial charge in [-0.05, 0) is 42.9 Å². The Kier molecular flexibility index (Phi) is 3.99. The SMILES string of the molecule is CN1CC(NC2CC(c3ccc(Cl)cc3)C2)CCC1=O. The molecule has 1 N–H and O–H groups in total. The molecule has 20 heavy (non-hydrogen) atoms. The highest BCUT2D eigenvalue weighted by Gasteiger charge is 2.33. The monoisotopic (exact) mass is 292 g/mol. The Morgan fingerprint density at radius 3 is 2.55 bits per heavy atom. The van der Waals surface area contributed by atoms with Crippen molar-refractivity contribution >= 4 is 17.5 Å². The first kappa shape index (κ1) is 13.9. The lowest BCUT2D eigenvalue weighted by Gasteiger charge is -2.41. The number of nitrogens with one attached hydrogen (secondary N) is 1. The number of nitrogens with zero attached hydrogens (tertiary/aromatic N) is 1. The van der Waals surface area contributed by atoms with Crippen LogP contribution < -0.4 is 5.32 Å². The lowest BCUT2D eigenvalue weighted by atomic mass is 9.75. The zero-order valence-corrected chi connectivity index (χ0v) is 12.6. The molecule has 0 spiro atoms. The molecule has 2 fully saturated rings. The van der Waals surface area contributed by atoms with E-state index in [0.29, 0.717) is 24.4 Å². The summed E-state index contributed by atoms with van der Waals surface area (Å²) in [6.07, 6.45) is 4.04.